The molecule has 0 bridgehead atoms. The minimum atomic E-state index is -0.952. The largest absolute Gasteiger partial charge is 0.463 e. The van der Waals surface area contributed by atoms with Crippen LogP contribution in [0.3, 0.4) is 0 Å². The molecular formula is C31H60O5. The molecule has 0 saturated heterocycles. The number of hydrogen-bond donors (Lipinski definition) is 1. The van der Waals surface area contributed by atoms with Crippen molar-refractivity contribution in [3.05, 3.63) is 0 Å². The number of esters is 2. The topological polar surface area (TPSA) is 72.8 Å². The van der Waals surface area contributed by atoms with Crippen molar-refractivity contribution in [2.75, 3.05) is 13.2 Å². The van der Waals surface area contributed by atoms with E-state index in [9.17, 15) is 14.7 Å². The number of carbonyl (C=O) groups excluding carboxylic acids is 2. The quantitative estimate of drug-likeness (QED) is 0.0880. The van der Waals surface area contributed by atoms with Crippen LogP contribution in [0, 0.1) is 5.92 Å². The summed E-state index contributed by atoms with van der Waals surface area (Å²) in [5, 5.41) is 9.89. The van der Waals surface area contributed by atoms with E-state index in [1.807, 2.05) is 0 Å². The molecule has 0 rings (SSSR count). The molecule has 0 spiro atoms. The molecule has 5 nitrogen and oxygen atoms in total. The molecule has 0 aliphatic rings. The zero-order valence-corrected chi connectivity index (χ0v) is 24.2. The van der Waals surface area contributed by atoms with Gasteiger partial charge in [-0.3, -0.25) is 9.59 Å². The van der Waals surface area contributed by atoms with E-state index in [2.05, 4.69) is 20.8 Å². The first kappa shape index (κ1) is 34.9. The fraction of sp³-hybridized carbons (Fsp3) is 0.935. The predicted octanol–water partition coefficient (Wildman–Crippen LogP) is 8.69. The van der Waals surface area contributed by atoms with Crippen LogP contribution in [-0.2, 0) is 19.1 Å². The normalized spacial score (nSPS) is 12.1. The van der Waals surface area contributed by atoms with Gasteiger partial charge in [-0.2, -0.15) is 0 Å². The Balaban J connectivity index is 3.40. The van der Waals surface area contributed by atoms with Gasteiger partial charge in [0.05, 0.1) is 0 Å². The second kappa shape index (κ2) is 26.9. The van der Waals surface area contributed by atoms with Crippen LogP contribution < -0.4 is 0 Å². The summed E-state index contributed by atoms with van der Waals surface area (Å²) in [6, 6.07) is 0. The molecule has 36 heavy (non-hydrogen) atoms. The molecule has 0 aromatic rings. The van der Waals surface area contributed by atoms with E-state index in [4.69, 9.17) is 9.47 Å². The molecule has 214 valence electrons. The van der Waals surface area contributed by atoms with E-state index in [1.165, 1.54) is 96.3 Å². The highest BCUT2D eigenvalue weighted by atomic mass is 16.6. The molecular weight excluding hydrogens is 452 g/mol. The molecule has 1 N–H and O–H groups in total. The lowest BCUT2D eigenvalue weighted by atomic mass is 10.0. The van der Waals surface area contributed by atoms with Crippen molar-refractivity contribution in [2.45, 2.75) is 168 Å². The van der Waals surface area contributed by atoms with Crippen molar-refractivity contribution in [1.82, 2.24) is 0 Å². The van der Waals surface area contributed by atoms with Gasteiger partial charge in [-0.05, 0) is 18.8 Å². The lowest BCUT2D eigenvalue weighted by Crippen LogP contribution is -2.25. The van der Waals surface area contributed by atoms with Crippen LogP contribution in [0.25, 0.3) is 0 Å². The Morgan fingerprint density at radius 2 is 0.889 bits per heavy atom. The van der Waals surface area contributed by atoms with Crippen molar-refractivity contribution in [2.24, 2.45) is 5.92 Å². The highest BCUT2D eigenvalue weighted by Gasteiger charge is 2.12. The molecule has 0 aliphatic carbocycles. The Bertz CT molecular complexity index is 491. The van der Waals surface area contributed by atoms with E-state index < -0.39 is 6.10 Å². The summed E-state index contributed by atoms with van der Waals surface area (Å²) in [5.41, 5.74) is 0. The molecule has 1 atom stereocenters. The predicted molar refractivity (Wildman–Crippen MR) is 150 cm³/mol. The van der Waals surface area contributed by atoms with Crippen molar-refractivity contribution >= 4 is 11.9 Å². The van der Waals surface area contributed by atoms with Gasteiger partial charge in [0.2, 0.25) is 0 Å². The molecule has 5 heteroatoms. The monoisotopic (exact) mass is 512 g/mol. The average molecular weight is 513 g/mol. The highest BCUT2D eigenvalue weighted by Crippen LogP contribution is 2.14. The van der Waals surface area contributed by atoms with Gasteiger partial charge in [-0.1, -0.05) is 136 Å². The number of unbranched alkanes of at least 4 members (excludes halogenated alkanes) is 17. The van der Waals surface area contributed by atoms with Crippen LogP contribution in [0.5, 0.6) is 0 Å². The third-order valence-electron chi connectivity index (χ3n) is 6.77. The Kier molecular flexibility index (Phi) is 26.1. The molecule has 0 saturated carbocycles. The van der Waals surface area contributed by atoms with E-state index in [1.54, 1.807) is 0 Å². The van der Waals surface area contributed by atoms with Gasteiger partial charge < -0.3 is 14.6 Å². The summed E-state index contributed by atoms with van der Waals surface area (Å²) in [5.74, 6) is 0.277. The molecule has 0 heterocycles. The first-order valence-corrected chi connectivity index (χ1v) is 15.4. The van der Waals surface area contributed by atoms with E-state index >= 15 is 0 Å². The summed E-state index contributed by atoms with van der Waals surface area (Å²) >= 11 is 0. The maximum Gasteiger partial charge on any atom is 0.305 e. The maximum absolute atomic E-state index is 11.8. The summed E-state index contributed by atoms with van der Waals surface area (Å²) < 4.78 is 10.2. The minimum absolute atomic E-state index is 0.110. The van der Waals surface area contributed by atoms with Crippen LogP contribution >= 0.6 is 0 Å². The molecule has 0 aliphatic heterocycles. The number of hydrogen-bond acceptors (Lipinski definition) is 5. The third kappa shape index (κ3) is 27.5. The zero-order valence-electron chi connectivity index (χ0n) is 24.2. The van der Waals surface area contributed by atoms with Gasteiger partial charge in [0.1, 0.15) is 19.3 Å². The SMILES string of the molecule is CCCCCCCCCC(=O)OC[C@H](O)COC(=O)CCCCCCCCCCCCCCC(C)C. The van der Waals surface area contributed by atoms with Crippen molar-refractivity contribution in [3.63, 3.8) is 0 Å². The van der Waals surface area contributed by atoms with Gasteiger partial charge in [0.25, 0.3) is 0 Å². The van der Waals surface area contributed by atoms with Crippen molar-refractivity contribution in [3.8, 4) is 0 Å². The zero-order chi connectivity index (χ0) is 26.7. The Morgan fingerprint density at radius 1 is 0.556 bits per heavy atom. The smallest absolute Gasteiger partial charge is 0.305 e. The van der Waals surface area contributed by atoms with E-state index in [0.29, 0.717) is 12.8 Å². The number of carbonyl (C=O) groups is 2. The minimum Gasteiger partial charge on any atom is -0.463 e. The second-order valence-electron chi connectivity index (χ2n) is 11.1. The Morgan fingerprint density at radius 3 is 1.25 bits per heavy atom. The van der Waals surface area contributed by atoms with Crippen LogP contribution in [0.4, 0.5) is 0 Å². The van der Waals surface area contributed by atoms with E-state index in [0.717, 1.165) is 38.0 Å². The van der Waals surface area contributed by atoms with Crippen LogP contribution in [0.15, 0.2) is 0 Å². The molecule has 0 unspecified atom stereocenters. The third-order valence-corrected chi connectivity index (χ3v) is 6.77. The lowest BCUT2D eigenvalue weighted by molar-refractivity contribution is -0.152. The summed E-state index contributed by atoms with van der Waals surface area (Å²) in [4.78, 5) is 23.6. The standard InChI is InChI=1S/C31H60O5/c1-4-5-6-7-14-18-21-24-30(33)35-26-29(32)27-36-31(34)25-22-19-16-13-11-9-8-10-12-15-17-20-23-28(2)3/h28-29,32H,4-27H2,1-3H3/t29-/m0/s1. The summed E-state index contributed by atoms with van der Waals surface area (Å²) in [6.07, 6.45) is 24.4. The van der Waals surface area contributed by atoms with Gasteiger partial charge in [-0.15, -0.1) is 0 Å². The Hall–Kier alpha value is -1.10. The van der Waals surface area contributed by atoms with Gasteiger partial charge >= 0.3 is 11.9 Å². The summed E-state index contributed by atoms with van der Waals surface area (Å²) in [7, 11) is 0. The molecule has 0 fully saturated rings. The Labute approximate surface area is 223 Å². The first-order chi connectivity index (χ1) is 17.5. The fourth-order valence-electron chi connectivity index (χ4n) is 4.39. The number of rotatable bonds is 27. The lowest BCUT2D eigenvalue weighted by Gasteiger charge is -2.12. The fourth-order valence-corrected chi connectivity index (χ4v) is 4.39. The first-order valence-electron chi connectivity index (χ1n) is 15.4. The van der Waals surface area contributed by atoms with Crippen molar-refractivity contribution < 1.29 is 24.2 Å². The number of ether oxygens (including phenoxy) is 2. The van der Waals surface area contributed by atoms with Crippen LogP contribution in [0.1, 0.15) is 162 Å². The molecule has 0 aromatic carbocycles. The number of aliphatic hydroxyl groups excluding tert-OH is 1. The highest BCUT2D eigenvalue weighted by molar-refractivity contribution is 5.69. The van der Waals surface area contributed by atoms with Gasteiger partial charge in [-0.25, -0.2) is 0 Å². The summed E-state index contributed by atoms with van der Waals surface area (Å²) in [6.45, 7) is 6.59. The van der Waals surface area contributed by atoms with E-state index in [-0.39, 0.29) is 25.2 Å². The van der Waals surface area contributed by atoms with Gasteiger partial charge in [0.15, 0.2) is 0 Å². The maximum atomic E-state index is 11.8. The molecule has 0 aromatic heterocycles. The second-order valence-corrected chi connectivity index (χ2v) is 11.1. The van der Waals surface area contributed by atoms with Gasteiger partial charge in [0, 0.05) is 12.8 Å². The average Bonchev–Trinajstić information content (AvgIpc) is 2.85. The molecule has 0 amide bonds. The molecule has 0 radical (unpaired) electrons. The number of aliphatic hydroxyl groups is 1. The van der Waals surface area contributed by atoms with Crippen LogP contribution in [0.2, 0.25) is 0 Å². The van der Waals surface area contributed by atoms with Crippen molar-refractivity contribution in [1.29, 1.82) is 0 Å². The van der Waals surface area contributed by atoms with Crippen LogP contribution in [-0.4, -0.2) is 36.4 Å².